The zero-order valence-electron chi connectivity index (χ0n) is 23.0. The summed E-state index contributed by atoms with van der Waals surface area (Å²) in [6, 6.07) is 13.1. The first-order chi connectivity index (χ1) is 19.8. The monoisotopic (exact) mass is 593 g/mol. The summed E-state index contributed by atoms with van der Waals surface area (Å²) in [5.41, 5.74) is 1.11. The smallest absolute Gasteiger partial charge is 0.261 e. The molecule has 1 saturated heterocycles. The van der Waals surface area contributed by atoms with Gasteiger partial charge in [0.2, 0.25) is 0 Å². The minimum Gasteiger partial charge on any atom is -0.371 e. The molecule has 2 aliphatic rings. The van der Waals surface area contributed by atoms with Gasteiger partial charge < -0.3 is 10.2 Å². The second-order valence-electron chi connectivity index (χ2n) is 11.2. The Balaban J connectivity index is 1.27. The maximum absolute atomic E-state index is 13.5. The van der Waals surface area contributed by atoms with Gasteiger partial charge in [0.1, 0.15) is 11.6 Å². The first-order valence-corrected chi connectivity index (χ1v) is 14.9. The Labute approximate surface area is 242 Å². The number of nitrogens with zero attached hydrogens (tertiary/aromatic N) is 1. The zero-order chi connectivity index (χ0) is 30.2. The van der Waals surface area contributed by atoms with Gasteiger partial charge in [-0.15, -0.1) is 0 Å². The molecule has 8 nitrogen and oxygen atoms in total. The highest BCUT2D eigenvalue weighted by Gasteiger charge is 2.31. The molecule has 0 atom stereocenters. The Kier molecular flexibility index (Phi) is 7.72. The van der Waals surface area contributed by atoms with Crippen molar-refractivity contribution in [2.24, 2.45) is 5.41 Å². The number of nitrogens with one attached hydrogen (secondary N) is 2. The number of piperidine rings is 1. The van der Waals surface area contributed by atoms with Crippen molar-refractivity contribution in [3.63, 3.8) is 0 Å². The second-order valence-corrected chi connectivity index (χ2v) is 12.9. The molecule has 11 heteroatoms. The number of benzene rings is 3. The lowest BCUT2D eigenvalue weighted by Gasteiger charge is -2.38. The molecule has 1 fully saturated rings. The van der Waals surface area contributed by atoms with E-state index in [0.29, 0.717) is 11.5 Å². The molecule has 0 saturated carbocycles. The number of halogens is 2. The molecule has 5 rings (SSSR count). The van der Waals surface area contributed by atoms with E-state index in [4.69, 9.17) is 0 Å². The van der Waals surface area contributed by atoms with E-state index in [1.165, 1.54) is 0 Å². The number of allylic oxidation sites excluding steroid dienone is 1. The van der Waals surface area contributed by atoms with E-state index in [9.17, 15) is 31.6 Å². The topological polar surface area (TPSA) is 113 Å². The van der Waals surface area contributed by atoms with Crippen LogP contribution in [0.1, 0.15) is 53.0 Å². The summed E-state index contributed by atoms with van der Waals surface area (Å²) in [6.07, 6.45) is 3.14. The number of fused-ring (bicyclic) bond motifs is 1. The SMILES string of the molecule is CC1(C)CCN(c2ccc(CNC(=O)C3=CC(=O)c4ccc(S(=O)(=O)Nc5cc(F)cc(F)c5)cc4C3=O)cc2)CC1. The van der Waals surface area contributed by atoms with Crippen LogP contribution in [-0.4, -0.2) is 39.0 Å². The van der Waals surface area contributed by atoms with Gasteiger partial charge in [-0.2, -0.15) is 0 Å². The van der Waals surface area contributed by atoms with Crippen LogP contribution < -0.4 is 14.9 Å². The third-order valence-electron chi connectivity index (χ3n) is 7.56. The van der Waals surface area contributed by atoms with Crippen LogP contribution in [-0.2, 0) is 21.4 Å². The second kappa shape index (κ2) is 11.1. The van der Waals surface area contributed by atoms with Crippen LogP contribution in [0.3, 0.4) is 0 Å². The third-order valence-corrected chi connectivity index (χ3v) is 8.94. The lowest BCUT2D eigenvalue weighted by Crippen LogP contribution is -2.37. The summed E-state index contributed by atoms with van der Waals surface area (Å²) in [5.74, 6) is -4.20. The van der Waals surface area contributed by atoms with Crippen molar-refractivity contribution in [1.29, 1.82) is 0 Å². The number of carbonyl (C=O) groups is 3. The molecule has 1 heterocycles. The van der Waals surface area contributed by atoms with Gasteiger partial charge >= 0.3 is 0 Å². The zero-order valence-corrected chi connectivity index (χ0v) is 23.9. The van der Waals surface area contributed by atoms with Gasteiger partial charge in [0, 0.05) is 48.6 Å². The molecule has 0 radical (unpaired) electrons. The predicted octanol–water partition coefficient (Wildman–Crippen LogP) is 5.01. The van der Waals surface area contributed by atoms with E-state index in [0.717, 1.165) is 73.6 Å². The Bertz CT molecular complexity index is 1700. The van der Waals surface area contributed by atoms with Crippen molar-refractivity contribution in [2.75, 3.05) is 22.7 Å². The Hall–Kier alpha value is -4.38. The average molecular weight is 594 g/mol. The van der Waals surface area contributed by atoms with Gasteiger partial charge in [0.05, 0.1) is 16.2 Å². The summed E-state index contributed by atoms with van der Waals surface area (Å²) in [4.78, 5) is 40.8. The van der Waals surface area contributed by atoms with Gasteiger partial charge in [-0.25, -0.2) is 17.2 Å². The highest BCUT2D eigenvalue weighted by molar-refractivity contribution is 7.92. The number of hydrogen-bond donors (Lipinski definition) is 2. The van der Waals surface area contributed by atoms with Crippen molar-refractivity contribution >= 4 is 38.9 Å². The molecule has 1 aliphatic carbocycles. The van der Waals surface area contributed by atoms with E-state index < -0.39 is 49.6 Å². The van der Waals surface area contributed by atoms with Crippen molar-refractivity contribution in [3.05, 3.63) is 101 Å². The highest BCUT2D eigenvalue weighted by Crippen LogP contribution is 2.32. The van der Waals surface area contributed by atoms with Gasteiger partial charge in [-0.3, -0.25) is 19.1 Å². The van der Waals surface area contributed by atoms with Crippen LogP contribution in [0.4, 0.5) is 20.2 Å². The van der Waals surface area contributed by atoms with Crippen LogP contribution in [0.5, 0.6) is 0 Å². The molecular weight excluding hydrogens is 564 g/mol. The van der Waals surface area contributed by atoms with Crippen molar-refractivity contribution in [1.82, 2.24) is 5.32 Å². The van der Waals surface area contributed by atoms with E-state index in [2.05, 4.69) is 24.1 Å². The summed E-state index contributed by atoms with van der Waals surface area (Å²) < 4.78 is 54.9. The minimum atomic E-state index is -4.39. The fraction of sp³-hybridized carbons (Fsp3) is 0.258. The van der Waals surface area contributed by atoms with E-state index >= 15 is 0 Å². The standard InChI is InChI=1S/C31H29F2N3O5S/c1-31(2)9-11-36(12-10-31)23-5-3-19(4-6-23)18-34-30(39)27-17-28(37)25-8-7-24(16-26(25)29(27)38)42(40,41)35-22-14-20(32)13-21(33)15-22/h3-8,13-17,35H,9-12,18H2,1-2H3,(H,34,39). The average Bonchev–Trinajstić information content (AvgIpc) is 2.93. The molecule has 0 spiro atoms. The summed E-state index contributed by atoms with van der Waals surface area (Å²) in [6.45, 7) is 6.59. The molecule has 1 aliphatic heterocycles. The molecule has 42 heavy (non-hydrogen) atoms. The van der Waals surface area contributed by atoms with Crippen LogP contribution in [0, 0.1) is 17.0 Å². The molecule has 3 aromatic carbocycles. The van der Waals surface area contributed by atoms with Crippen LogP contribution in [0.2, 0.25) is 0 Å². The fourth-order valence-corrected chi connectivity index (χ4v) is 6.05. The van der Waals surface area contributed by atoms with Gasteiger partial charge in [0.25, 0.3) is 15.9 Å². The number of rotatable bonds is 7. The van der Waals surface area contributed by atoms with Gasteiger partial charge in [-0.05, 0) is 66.3 Å². The largest absolute Gasteiger partial charge is 0.371 e. The van der Waals surface area contributed by atoms with Crippen LogP contribution >= 0.6 is 0 Å². The normalized spacial score (nSPS) is 16.5. The van der Waals surface area contributed by atoms with Crippen molar-refractivity contribution in [2.45, 2.75) is 38.1 Å². The number of anilines is 2. The Morgan fingerprint density at radius 3 is 2.19 bits per heavy atom. The molecule has 1 amide bonds. The maximum Gasteiger partial charge on any atom is 0.261 e. The quantitative estimate of drug-likeness (QED) is 0.373. The number of Topliss-reactive ketones (excluding diaryl/α,β-unsaturated/α-hetero) is 1. The lowest BCUT2D eigenvalue weighted by atomic mass is 9.82. The van der Waals surface area contributed by atoms with Gasteiger partial charge in [-0.1, -0.05) is 26.0 Å². The molecule has 0 bridgehead atoms. The van der Waals surface area contributed by atoms with Gasteiger partial charge in [0.15, 0.2) is 11.6 Å². The van der Waals surface area contributed by atoms with E-state index in [-0.39, 0.29) is 23.4 Å². The maximum atomic E-state index is 13.5. The summed E-state index contributed by atoms with van der Waals surface area (Å²) >= 11 is 0. The first kappa shape index (κ1) is 29.1. The Morgan fingerprint density at radius 2 is 1.55 bits per heavy atom. The van der Waals surface area contributed by atoms with Crippen LogP contribution in [0.25, 0.3) is 0 Å². The number of sulfonamides is 1. The van der Waals surface area contributed by atoms with Crippen LogP contribution in [0.15, 0.2) is 77.2 Å². The number of carbonyl (C=O) groups excluding carboxylic acids is 3. The highest BCUT2D eigenvalue weighted by atomic mass is 32.2. The van der Waals surface area contributed by atoms with E-state index in [1.54, 1.807) is 0 Å². The molecule has 0 unspecified atom stereocenters. The third kappa shape index (κ3) is 6.25. The molecule has 2 N–H and O–H groups in total. The van der Waals surface area contributed by atoms with E-state index in [1.807, 2.05) is 29.0 Å². The van der Waals surface area contributed by atoms with Crippen molar-refractivity contribution in [3.8, 4) is 0 Å². The van der Waals surface area contributed by atoms with Crippen molar-refractivity contribution < 1.29 is 31.6 Å². The Morgan fingerprint density at radius 1 is 0.905 bits per heavy atom. The predicted molar refractivity (Wildman–Crippen MR) is 154 cm³/mol. The molecular formula is C31H29F2N3O5S. The molecule has 0 aromatic heterocycles. The summed E-state index contributed by atoms with van der Waals surface area (Å²) in [5, 5.41) is 2.65. The fourth-order valence-electron chi connectivity index (χ4n) is 4.98. The number of ketones is 2. The number of amides is 1. The minimum absolute atomic E-state index is 0.0658. The summed E-state index contributed by atoms with van der Waals surface area (Å²) in [7, 11) is -4.39. The lowest BCUT2D eigenvalue weighted by molar-refractivity contribution is -0.117. The number of hydrogen-bond acceptors (Lipinski definition) is 6. The molecule has 3 aromatic rings. The first-order valence-electron chi connectivity index (χ1n) is 13.4. The molecule has 218 valence electrons.